The maximum Gasteiger partial charge on any atom is 0.166 e. The van der Waals surface area contributed by atoms with Crippen molar-refractivity contribution < 1.29 is 8.78 Å². The smallest absolute Gasteiger partial charge is 0.166 e. The largest absolute Gasteiger partial charge is 0.203 e. The third-order valence-electron chi connectivity index (χ3n) is 3.58. The molecule has 0 aliphatic carbocycles. The molecular weight excluding hydrogens is 242 g/mol. The molecule has 0 amide bonds. The van der Waals surface area contributed by atoms with E-state index in [4.69, 9.17) is 0 Å². The molecule has 0 saturated heterocycles. The summed E-state index contributed by atoms with van der Waals surface area (Å²) in [5.74, 6) is -1.47. The molecule has 0 aliphatic rings. The molecule has 0 unspecified atom stereocenters. The van der Waals surface area contributed by atoms with Crippen LogP contribution >= 0.6 is 0 Å². The van der Waals surface area contributed by atoms with Gasteiger partial charge in [-0.05, 0) is 42.0 Å². The van der Waals surface area contributed by atoms with Gasteiger partial charge in [0.1, 0.15) is 0 Å². The van der Waals surface area contributed by atoms with E-state index in [0.29, 0.717) is 17.5 Å². The molecule has 0 fully saturated rings. The summed E-state index contributed by atoms with van der Waals surface area (Å²) in [5, 5.41) is 0. The molecule has 0 nitrogen and oxygen atoms in total. The van der Waals surface area contributed by atoms with Crippen LogP contribution in [-0.4, -0.2) is 0 Å². The van der Waals surface area contributed by atoms with E-state index >= 15 is 0 Å². The summed E-state index contributed by atoms with van der Waals surface area (Å²) in [5.41, 5.74) is 3.83. The Hall–Kier alpha value is -1.70. The van der Waals surface area contributed by atoms with E-state index in [-0.39, 0.29) is 0 Å². The fourth-order valence-electron chi connectivity index (χ4n) is 2.35. The van der Waals surface area contributed by atoms with Crippen molar-refractivity contribution in [3.63, 3.8) is 0 Å². The van der Waals surface area contributed by atoms with E-state index < -0.39 is 11.6 Å². The van der Waals surface area contributed by atoms with Crippen LogP contribution in [0.15, 0.2) is 30.3 Å². The Morgan fingerprint density at radius 2 is 1.47 bits per heavy atom. The van der Waals surface area contributed by atoms with Crippen LogP contribution in [-0.2, 0) is 12.8 Å². The van der Waals surface area contributed by atoms with Crippen LogP contribution in [0.4, 0.5) is 8.78 Å². The zero-order chi connectivity index (χ0) is 14.0. The third kappa shape index (κ3) is 2.53. The molecule has 0 saturated carbocycles. The molecular formula is C17H18F2. The quantitative estimate of drug-likeness (QED) is 0.723. The van der Waals surface area contributed by atoms with Gasteiger partial charge in [0, 0.05) is 5.56 Å². The van der Waals surface area contributed by atoms with Crippen molar-refractivity contribution in [1.29, 1.82) is 0 Å². The van der Waals surface area contributed by atoms with Gasteiger partial charge in [-0.1, -0.05) is 44.2 Å². The third-order valence-corrected chi connectivity index (χ3v) is 3.58. The highest BCUT2D eigenvalue weighted by atomic mass is 19.2. The summed E-state index contributed by atoms with van der Waals surface area (Å²) in [7, 11) is 0. The minimum Gasteiger partial charge on any atom is -0.203 e. The normalized spacial score (nSPS) is 10.8. The second-order valence-electron chi connectivity index (χ2n) is 4.75. The fraction of sp³-hybridized carbons (Fsp3) is 0.294. The molecule has 0 aromatic heterocycles. The lowest BCUT2D eigenvalue weighted by Gasteiger charge is -2.10. The van der Waals surface area contributed by atoms with E-state index in [1.807, 2.05) is 32.0 Å². The summed E-state index contributed by atoms with van der Waals surface area (Å²) in [6.07, 6.45) is 1.44. The van der Waals surface area contributed by atoms with Crippen LogP contribution in [0.2, 0.25) is 0 Å². The number of rotatable bonds is 3. The van der Waals surface area contributed by atoms with Gasteiger partial charge in [-0.3, -0.25) is 0 Å². The summed E-state index contributed by atoms with van der Waals surface area (Å²) in [6.45, 7) is 5.90. The van der Waals surface area contributed by atoms with Crippen molar-refractivity contribution in [1.82, 2.24) is 0 Å². The average Bonchev–Trinajstić information content (AvgIpc) is 2.41. The average molecular weight is 260 g/mol. The van der Waals surface area contributed by atoms with Gasteiger partial charge in [0.15, 0.2) is 11.6 Å². The molecule has 100 valence electrons. The van der Waals surface area contributed by atoms with Crippen LogP contribution in [0.1, 0.15) is 30.5 Å². The summed E-state index contributed by atoms with van der Waals surface area (Å²) in [6, 6.07) is 9.09. The van der Waals surface area contributed by atoms with Crippen molar-refractivity contribution in [3.8, 4) is 11.1 Å². The van der Waals surface area contributed by atoms with Crippen molar-refractivity contribution in [3.05, 3.63) is 58.7 Å². The van der Waals surface area contributed by atoms with Gasteiger partial charge in [-0.25, -0.2) is 8.78 Å². The van der Waals surface area contributed by atoms with Crippen molar-refractivity contribution in [2.45, 2.75) is 33.6 Å². The lowest BCUT2D eigenvalue weighted by molar-refractivity contribution is 0.502. The highest BCUT2D eigenvalue weighted by molar-refractivity contribution is 5.66. The molecule has 2 rings (SSSR count). The Balaban J connectivity index is 2.53. The second kappa shape index (κ2) is 5.52. The molecule has 2 aromatic rings. The number of aryl methyl sites for hydroxylation is 3. The topological polar surface area (TPSA) is 0 Å². The number of benzene rings is 2. The van der Waals surface area contributed by atoms with Crippen molar-refractivity contribution >= 4 is 0 Å². The van der Waals surface area contributed by atoms with Gasteiger partial charge in [0.05, 0.1) is 0 Å². The molecule has 0 bridgehead atoms. The summed E-state index contributed by atoms with van der Waals surface area (Å²) >= 11 is 0. The molecule has 2 heteroatoms. The summed E-state index contributed by atoms with van der Waals surface area (Å²) < 4.78 is 27.9. The number of hydrogen-bond donors (Lipinski definition) is 0. The van der Waals surface area contributed by atoms with Gasteiger partial charge < -0.3 is 0 Å². The zero-order valence-electron chi connectivity index (χ0n) is 11.6. The first-order valence-electron chi connectivity index (χ1n) is 6.65. The predicted molar refractivity (Wildman–Crippen MR) is 75.3 cm³/mol. The minimum atomic E-state index is -0.747. The highest BCUT2D eigenvalue weighted by Gasteiger charge is 2.14. The maximum absolute atomic E-state index is 14.1. The lowest BCUT2D eigenvalue weighted by Crippen LogP contribution is -1.96. The Labute approximate surface area is 113 Å². The molecule has 0 heterocycles. The molecule has 0 atom stereocenters. The van der Waals surface area contributed by atoms with Gasteiger partial charge in [0.25, 0.3) is 0 Å². The number of hydrogen-bond acceptors (Lipinski definition) is 0. The van der Waals surface area contributed by atoms with Crippen LogP contribution < -0.4 is 0 Å². The molecule has 0 radical (unpaired) electrons. The van der Waals surface area contributed by atoms with Gasteiger partial charge in [-0.2, -0.15) is 0 Å². The lowest BCUT2D eigenvalue weighted by atomic mass is 9.97. The van der Waals surface area contributed by atoms with E-state index in [1.54, 1.807) is 12.1 Å². The predicted octanol–water partition coefficient (Wildman–Crippen LogP) is 5.07. The first-order valence-corrected chi connectivity index (χ1v) is 6.65. The Morgan fingerprint density at radius 1 is 0.842 bits per heavy atom. The van der Waals surface area contributed by atoms with E-state index in [9.17, 15) is 8.78 Å². The van der Waals surface area contributed by atoms with Crippen LogP contribution in [0, 0.1) is 18.6 Å². The van der Waals surface area contributed by atoms with Crippen LogP contribution in [0.25, 0.3) is 11.1 Å². The second-order valence-corrected chi connectivity index (χ2v) is 4.75. The molecule has 0 spiro atoms. The van der Waals surface area contributed by atoms with Gasteiger partial charge >= 0.3 is 0 Å². The highest BCUT2D eigenvalue weighted by Crippen LogP contribution is 2.28. The summed E-state index contributed by atoms with van der Waals surface area (Å²) in [4.78, 5) is 0. The molecule has 0 N–H and O–H groups in total. The van der Waals surface area contributed by atoms with Gasteiger partial charge in [0.2, 0.25) is 0 Å². The first kappa shape index (κ1) is 13.7. The van der Waals surface area contributed by atoms with Crippen LogP contribution in [0.5, 0.6) is 0 Å². The maximum atomic E-state index is 14.1. The minimum absolute atomic E-state index is 0.334. The fourth-order valence-corrected chi connectivity index (χ4v) is 2.35. The Kier molecular flexibility index (Phi) is 3.98. The molecule has 2 aromatic carbocycles. The standard InChI is InChI=1S/C17H18F2/c1-4-12-6-7-14(10-11(12)3)15-9-8-13(5-2)16(18)17(15)19/h6-10H,4-5H2,1-3H3. The first-order chi connectivity index (χ1) is 9.08. The van der Waals surface area contributed by atoms with Crippen molar-refractivity contribution in [2.24, 2.45) is 0 Å². The molecule has 19 heavy (non-hydrogen) atoms. The Bertz CT molecular complexity index is 600. The van der Waals surface area contributed by atoms with E-state index in [1.165, 1.54) is 5.56 Å². The molecule has 0 aliphatic heterocycles. The van der Waals surface area contributed by atoms with Gasteiger partial charge in [-0.15, -0.1) is 0 Å². The number of halogens is 2. The SMILES string of the molecule is CCc1ccc(-c2ccc(CC)c(F)c2F)cc1C. The zero-order valence-corrected chi connectivity index (χ0v) is 11.6. The monoisotopic (exact) mass is 260 g/mol. The van der Waals surface area contributed by atoms with Crippen molar-refractivity contribution in [2.75, 3.05) is 0 Å². The van der Waals surface area contributed by atoms with E-state index in [2.05, 4.69) is 6.92 Å². The van der Waals surface area contributed by atoms with E-state index in [0.717, 1.165) is 17.5 Å². The van der Waals surface area contributed by atoms with Crippen LogP contribution in [0.3, 0.4) is 0 Å². The Morgan fingerprint density at radius 3 is 2.05 bits per heavy atom.